The summed E-state index contributed by atoms with van der Waals surface area (Å²) in [5.41, 5.74) is 2.95. The van der Waals surface area contributed by atoms with Crippen molar-refractivity contribution in [3.05, 3.63) is 36.0 Å². The molecule has 0 unspecified atom stereocenters. The third-order valence-electron chi connectivity index (χ3n) is 3.43. The Kier molecular flexibility index (Phi) is 3.75. The molecule has 0 fully saturated rings. The third kappa shape index (κ3) is 2.83. The molecule has 3 aromatic rings. The minimum absolute atomic E-state index is 0.621. The van der Waals surface area contributed by atoms with Gasteiger partial charge in [0.1, 0.15) is 0 Å². The molecule has 21 heavy (non-hydrogen) atoms. The van der Waals surface area contributed by atoms with Gasteiger partial charge in [-0.2, -0.15) is 0 Å². The molecule has 0 saturated heterocycles. The highest BCUT2D eigenvalue weighted by molar-refractivity contribution is 5.79. The highest BCUT2D eigenvalue weighted by Crippen LogP contribution is 2.24. The van der Waals surface area contributed by atoms with Crippen LogP contribution < -0.4 is 5.32 Å². The Balaban J connectivity index is 1.83. The summed E-state index contributed by atoms with van der Waals surface area (Å²) >= 11 is 0. The van der Waals surface area contributed by atoms with Gasteiger partial charge in [-0.05, 0) is 24.6 Å². The van der Waals surface area contributed by atoms with E-state index in [0.717, 1.165) is 29.1 Å². The molecule has 110 valence electrons. The zero-order chi connectivity index (χ0) is 14.8. The van der Waals surface area contributed by atoms with Crippen LogP contribution in [0.1, 0.15) is 19.5 Å². The van der Waals surface area contributed by atoms with Gasteiger partial charge in [-0.3, -0.25) is 0 Å². The summed E-state index contributed by atoms with van der Waals surface area (Å²) in [4.78, 5) is 4.61. The summed E-state index contributed by atoms with van der Waals surface area (Å²) < 4.78 is 7.47. The van der Waals surface area contributed by atoms with E-state index in [-0.39, 0.29) is 0 Å². The van der Waals surface area contributed by atoms with Gasteiger partial charge in [-0.25, -0.2) is 4.98 Å². The highest BCUT2D eigenvalue weighted by atomic mass is 16.5. The minimum Gasteiger partial charge on any atom is -0.353 e. The molecule has 0 saturated carbocycles. The van der Waals surface area contributed by atoms with Crippen LogP contribution in [0.25, 0.3) is 22.6 Å². The number of hydrogen-bond acceptors (Lipinski definition) is 4. The van der Waals surface area contributed by atoms with Crippen molar-refractivity contribution in [2.24, 2.45) is 13.0 Å². The van der Waals surface area contributed by atoms with Crippen LogP contribution in [0.2, 0.25) is 0 Å². The fraction of sp³-hybridized carbons (Fsp3) is 0.375. The maximum Gasteiger partial charge on any atom is 0.202 e. The summed E-state index contributed by atoms with van der Waals surface area (Å²) in [5.74, 6) is 2.13. The molecule has 0 atom stereocenters. The van der Waals surface area contributed by atoms with E-state index in [1.165, 1.54) is 0 Å². The van der Waals surface area contributed by atoms with Crippen LogP contribution in [-0.4, -0.2) is 21.3 Å². The van der Waals surface area contributed by atoms with E-state index in [1.54, 1.807) is 0 Å². The van der Waals surface area contributed by atoms with Crippen molar-refractivity contribution in [1.29, 1.82) is 0 Å². The first-order valence-electron chi connectivity index (χ1n) is 7.23. The zero-order valence-corrected chi connectivity index (χ0v) is 12.6. The van der Waals surface area contributed by atoms with Crippen molar-refractivity contribution in [2.75, 3.05) is 6.54 Å². The lowest BCUT2D eigenvalue weighted by molar-refractivity contribution is 0.415. The van der Waals surface area contributed by atoms with Gasteiger partial charge in [0, 0.05) is 19.7 Å². The van der Waals surface area contributed by atoms with E-state index in [4.69, 9.17) is 4.52 Å². The number of imidazole rings is 1. The molecule has 0 aliphatic rings. The first-order chi connectivity index (χ1) is 10.1. The lowest BCUT2D eigenvalue weighted by Gasteiger charge is -2.04. The Morgan fingerprint density at radius 2 is 2.10 bits per heavy atom. The van der Waals surface area contributed by atoms with Crippen LogP contribution in [-0.2, 0) is 13.6 Å². The predicted molar refractivity (Wildman–Crippen MR) is 82.8 cm³/mol. The smallest absolute Gasteiger partial charge is 0.202 e. The normalized spacial score (nSPS) is 11.6. The summed E-state index contributed by atoms with van der Waals surface area (Å²) in [5, 5.41) is 7.47. The van der Waals surface area contributed by atoms with Crippen molar-refractivity contribution < 1.29 is 4.52 Å². The molecular formula is C16H20N4O. The van der Waals surface area contributed by atoms with Gasteiger partial charge in [0.2, 0.25) is 5.76 Å². The molecule has 0 bridgehead atoms. The number of para-hydroxylation sites is 2. The van der Waals surface area contributed by atoms with Crippen LogP contribution >= 0.6 is 0 Å². The SMILES string of the molecule is CC(C)CNCc1cc(-c2nc3ccccc3n2C)on1. The van der Waals surface area contributed by atoms with Crippen molar-refractivity contribution >= 4 is 11.0 Å². The number of benzene rings is 1. The summed E-state index contributed by atoms with van der Waals surface area (Å²) in [6, 6.07) is 10.00. The third-order valence-corrected chi connectivity index (χ3v) is 3.43. The topological polar surface area (TPSA) is 55.9 Å². The summed E-state index contributed by atoms with van der Waals surface area (Å²) in [6.45, 7) is 6.04. The molecule has 5 heteroatoms. The maximum atomic E-state index is 5.45. The van der Waals surface area contributed by atoms with E-state index in [9.17, 15) is 0 Å². The molecule has 1 aromatic carbocycles. The van der Waals surface area contributed by atoms with Crippen LogP contribution in [0.15, 0.2) is 34.9 Å². The van der Waals surface area contributed by atoms with Crippen molar-refractivity contribution in [3.8, 4) is 11.6 Å². The molecule has 2 heterocycles. The van der Waals surface area contributed by atoms with Crippen molar-refractivity contribution in [2.45, 2.75) is 20.4 Å². The molecule has 0 radical (unpaired) electrons. The van der Waals surface area contributed by atoms with Gasteiger partial charge in [-0.15, -0.1) is 0 Å². The van der Waals surface area contributed by atoms with Gasteiger partial charge in [0.25, 0.3) is 0 Å². The molecule has 2 aromatic heterocycles. The van der Waals surface area contributed by atoms with Gasteiger partial charge in [0.05, 0.1) is 16.7 Å². The number of rotatable bonds is 5. The lowest BCUT2D eigenvalue weighted by atomic mass is 10.2. The van der Waals surface area contributed by atoms with Crippen LogP contribution in [0.3, 0.4) is 0 Å². The molecular weight excluding hydrogens is 264 g/mol. The average Bonchev–Trinajstić information content (AvgIpc) is 3.04. The fourth-order valence-corrected chi connectivity index (χ4v) is 2.36. The molecule has 3 rings (SSSR count). The quantitative estimate of drug-likeness (QED) is 0.782. The summed E-state index contributed by atoms with van der Waals surface area (Å²) in [6.07, 6.45) is 0. The first-order valence-corrected chi connectivity index (χ1v) is 7.23. The monoisotopic (exact) mass is 284 g/mol. The van der Waals surface area contributed by atoms with Crippen molar-refractivity contribution in [1.82, 2.24) is 20.0 Å². The molecule has 0 amide bonds. The van der Waals surface area contributed by atoms with Gasteiger partial charge in [0.15, 0.2) is 5.82 Å². The molecule has 1 N–H and O–H groups in total. The second-order valence-electron chi connectivity index (χ2n) is 5.69. The minimum atomic E-state index is 0.621. The Labute approximate surface area is 124 Å². The number of fused-ring (bicyclic) bond motifs is 1. The maximum absolute atomic E-state index is 5.45. The molecule has 0 spiro atoms. The van der Waals surface area contributed by atoms with Crippen LogP contribution in [0.4, 0.5) is 0 Å². The van der Waals surface area contributed by atoms with E-state index in [0.29, 0.717) is 18.2 Å². The zero-order valence-electron chi connectivity index (χ0n) is 12.6. The lowest BCUT2D eigenvalue weighted by Crippen LogP contribution is -2.18. The second kappa shape index (κ2) is 5.69. The fourth-order valence-electron chi connectivity index (χ4n) is 2.36. The first kappa shape index (κ1) is 13.8. The average molecular weight is 284 g/mol. The molecule has 0 aliphatic heterocycles. The van der Waals surface area contributed by atoms with Crippen LogP contribution in [0.5, 0.6) is 0 Å². The van der Waals surface area contributed by atoms with Gasteiger partial charge >= 0.3 is 0 Å². The largest absolute Gasteiger partial charge is 0.353 e. The number of aryl methyl sites for hydroxylation is 1. The van der Waals surface area contributed by atoms with E-state index in [1.807, 2.05) is 41.9 Å². The van der Waals surface area contributed by atoms with E-state index >= 15 is 0 Å². The highest BCUT2D eigenvalue weighted by Gasteiger charge is 2.14. The van der Waals surface area contributed by atoms with E-state index < -0.39 is 0 Å². The Morgan fingerprint density at radius 3 is 2.86 bits per heavy atom. The Bertz CT molecular complexity index is 742. The van der Waals surface area contributed by atoms with Crippen molar-refractivity contribution in [3.63, 3.8) is 0 Å². The number of hydrogen-bond donors (Lipinski definition) is 1. The number of nitrogens with one attached hydrogen (secondary N) is 1. The second-order valence-corrected chi connectivity index (χ2v) is 5.69. The number of aromatic nitrogens is 3. The standard InChI is InChI=1S/C16H20N4O/c1-11(2)9-17-10-12-8-15(21-19-12)16-18-13-6-4-5-7-14(13)20(16)3/h4-8,11,17H,9-10H2,1-3H3. The Hall–Kier alpha value is -2.14. The van der Waals surface area contributed by atoms with Crippen LogP contribution in [0, 0.1) is 5.92 Å². The van der Waals surface area contributed by atoms with Gasteiger partial charge in [-0.1, -0.05) is 31.1 Å². The predicted octanol–water partition coefficient (Wildman–Crippen LogP) is 2.97. The summed E-state index contributed by atoms with van der Waals surface area (Å²) in [7, 11) is 1.99. The molecule has 5 nitrogen and oxygen atoms in total. The molecule has 0 aliphatic carbocycles. The number of nitrogens with zero attached hydrogens (tertiary/aromatic N) is 3. The van der Waals surface area contributed by atoms with Gasteiger partial charge < -0.3 is 14.4 Å². The van der Waals surface area contributed by atoms with E-state index in [2.05, 4.69) is 29.3 Å². The Morgan fingerprint density at radius 1 is 1.29 bits per heavy atom.